The molecule has 3 rings (SSSR count). The largest absolute Gasteiger partial charge is 0.491 e. The van der Waals surface area contributed by atoms with E-state index in [2.05, 4.69) is 0 Å². The zero-order valence-electron chi connectivity index (χ0n) is 19.6. The Hall–Kier alpha value is -2.66. The summed E-state index contributed by atoms with van der Waals surface area (Å²) in [5.74, 6) is 0.151. The van der Waals surface area contributed by atoms with Crippen molar-refractivity contribution in [2.24, 2.45) is 0 Å². The fraction of sp³-hybridized carbons (Fsp3) is 0.480. The molecule has 35 heavy (non-hydrogen) atoms. The number of hydrogen-bond acceptors (Lipinski definition) is 6. The van der Waals surface area contributed by atoms with E-state index in [0.717, 1.165) is 12.1 Å². The SMILES string of the molecule is COCCN(CC1CN(CC(O)COc2ccccc2)CCO1)C(=O)c1cccc(C(F)(F)F)c1. The summed E-state index contributed by atoms with van der Waals surface area (Å²) in [6.45, 7) is 2.61. The molecule has 1 fully saturated rings. The quantitative estimate of drug-likeness (QED) is 0.516. The van der Waals surface area contributed by atoms with Gasteiger partial charge in [-0.1, -0.05) is 24.3 Å². The number of amides is 1. The molecule has 0 saturated carbocycles. The predicted molar refractivity (Wildman–Crippen MR) is 123 cm³/mol. The van der Waals surface area contributed by atoms with Crippen LogP contribution in [0, 0.1) is 0 Å². The lowest BCUT2D eigenvalue weighted by atomic mass is 10.1. The molecule has 1 N–H and O–H groups in total. The van der Waals surface area contributed by atoms with Crippen molar-refractivity contribution in [3.05, 3.63) is 65.7 Å². The molecule has 0 radical (unpaired) electrons. The first-order chi connectivity index (χ1) is 16.8. The fourth-order valence-electron chi connectivity index (χ4n) is 3.85. The first kappa shape index (κ1) is 26.9. The molecule has 10 heteroatoms. The van der Waals surface area contributed by atoms with Crippen molar-refractivity contribution in [3.8, 4) is 5.75 Å². The van der Waals surface area contributed by atoms with Crippen molar-refractivity contribution in [2.45, 2.75) is 18.4 Å². The van der Waals surface area contributed by atoms with Crippen molar-refractivity contribution in [2.75, 3.05) is 59.7 Å². The van der Waals surface area contributed by atoms with E-state index in [9.17, 15) is 23.1 Å². The van der Waals surface area contributed by atoms with Crippen LogP contribution in [0.1, 0.15) is 15.9 Å². The molecule has 2 aromatic rings. The lowest BCUT2D eigenvalue weighted by Gasteiger charge is -2.36. The van der Waals surface area contributed by atoms with Gasteiger partial charge in [0.25, 0.3) is 5.91 Å². The third-order valence-corrected chi connectivity index (χ3v) is 5.59. The van der Waals surface area contributed by atoms with Crippen LogP contribution >= 0.6 is 0 Å². The number of ether oxygens (including phenoxy) is 3. The van der Waals surface area contributed by atoms with E-state index < -0.39 is 23.8 Å². The van der Waals surface area contributed by atoms with Crippen molar-refractivity contribution in [1.82, 2.24) is 9.80 Å². The van der Waals surface area contributed by atoms with Crippen molar-refractivity contribution in [1.29, 1.82) is 0 Å². The number of nitrogens with zero attached hydrogens (tertiary/aromatic N) is 2. The average Bonchev–Trinajstić information content (AvgIpc) is 2.85. The summed E-state index contributed by atoms with van der Waals surface area (Å²) in [5, 5.41) is 10.4. The third-order valence-electron chi connectivity index (χ3n) is 5.59. The standard InChI is InChI=1S/C25H31F3N2O5/c1-33-12-11-30(24(32)19-6-5-7-20(14-19)25(26,27)28)17-23-16-29(10-13-34-23)15-21(31)18-35-22-8-3-2-4-9-22/h2-9,14,21,23,31H,10-13,15-18H2,1H3. The molecule has 1 saturated heterocycles. The Labute approximate surface area is 203 Å². The van der Waals surface area contributed by atoms with E-state index in [0.29, 0.717) is 32.0 Å². The molecule has 1 amide bonds. The normalized spacial score (nSPS) is 17.7. The second kappa shape index (κ2) is 12.9. The zero-order chi connectivity index (χ0) is 25.3. The molecule has 7 nitrogen and oxygen atoms in total. The minimum Gasteiger partial charge on any atom is -0.491 e. The highest BCUT2D eigenvalue weighted by Gasteiger charge is 2.32. The van der Waals surface area contributed by atoms with Gasteiger partial charge in [-0.2, -0.15) is 13.2 Å². The number of hydrogen-bond donors (Lipinski definition) is 1. The van der Waals surface area contributed by atoms with E-state index in [1.807, 2.05) is 35.2 Å². The number of β-amino-alcohol motifs (C(OH)–C–C–N with tert-alkyl or cyclic N) is 1. The van der Waals surface area contributed by atoms with E-state index in [1.165, 1.54) is 24.1 Å². The number of aliphatic hydroxyl groups is 1. The summed E-state index contributed by atoms with van der Waals surface area (Å²) in [7, 11) is 1.49. The van der Waals surface area contributed by atoms with Gasteiger partial charge in [0.05, 0.1) is 24.9 Å². The minimum absolute atomic E-state index is 0.0444. The van der Waals surface area contributed by atoms with Gasteiger partial charge in [0, 0.05) is 45.4 Å². The van der Waals surface area contributed by atoms with Gasteiger partial charge in [-0.05, 0) is 30.3 Å². The molecule has 192 valence electrons. The van der Waals surface area contributed by atoms with Crippen LogP contribution in [0.3, 0.4) is 0 Å². The van der Waals surface area contributed by atoms with Crippen LogP contribution in [0.4, 0.5) is 13.2 Å². The van der Waals surface area contributed by atoms with Crippen LogP contribution < -0.4 is 4.74 Å². The molecule has 1 heterocycles. The smallest absolute Gasteiger partial charge is 0.416 e. The van der Waals surface area contributed by atoms with E-state index in [4.69, 9.17) is 14.2 Å². The Morgan fingerprint density at radius 1 is 1.23 bits per heavy atom. The number of rotatable bonds is 11. The highest BCUT2D eigenvalue weighted by atomic mass is 19.4. The molecule has 0 bridgehead atoms. The highest BCUT2D eigenvalue weighted by molar-refractivity contribution is 5.94. The molecule has 1 aliphatic rings. The van der Waals surface area contributed by atoms with Gasteiger partial charge in [-0.15, -0.1) is 0 Å². The van der Waals surface area contributed by atoms with Gasteiger partial charge in [0.2, 0.25) is 0 Å². The molecule has 2 atom stereocenters. The van der Waals surface area contributed by atoms with Gasteiger partial charge in [-0.3, -0.25) is 9.69 Å². The van der Waals surface area contributed by atoms with Crippen molar-refractivity contribution < 1.29 is 37.3 Å². The lowest BCUT2D eigenvalue weighted by molar-refractivity contribution is -0.137. The Balaban J connectivity index is 1.58. The van der Waals surface area contributed by atoms with E-state index in [1.54, 1.807) is 0 Å². The molecular formula is C25H31F3N2O5. The molecule has 0 spiro atoms. The monoisotopic (exact) mass is 496 g/mol. The predicted octanol–water partition coefficient (Wildman–Crippen LogP) is 2.93. The number of aliphatic hydroxyl groups excluding tert-OH is 1. The maximum absolute atomic E-state index is 13.1. The molecule has 0 aromatic heterocycles. The highest BCUT2D eigenvalue weighted by Crippen LogP contribution is 2.29. The van der Waals surface area contributed by atoms with Crippen LogP contribution in [0.2, 0.25) is 0 Å². The van der Waals surface area contributed by atoms with Gasteiger partial charge in [0.1, 0.15) is 18.5 Å². The van der Waals surface area contributed by atoms with Crippen LogP contribution in [0.25, 0.3) is 0 Å². The summed E-state index contributed by atoms with van der Waals surface area (Å²) in [6.07, 6.45) is -5.62. The second-order valence-electron chi connectivity index (χ2n) is 8.35. The first-order valence-corrected chi connectivity index (χ1v) is 11.4. The topological polar surface area (TPSA) is 71.5 Å². The Bertz CT molecular complexity index is 929. The molecule has 2 unspecified atom stereocenters. The Morgan fingerprint density at radius 2 is 2.00 bits per heavy atom. The van der Waals surface area contributed by atoms with Crippen LogP contribution in [-0.4, -0.2) is 92.7 Å². The summed E-state index contributed by atoms with van der Waals surface area (Å²) in [6, 6.07) is 13.6. The van der Waals surface area contributed by atoms with Gasteiger partial charge in [0.15, 0.2) is 0 Å². The summed E-state index contributed by atoms with van der Waals surface area (Å²) in [4.78, 5) is 16.5. The number of methoxy groups -OCH3 is 1. The minimum atomic E-state index is -4.54. The fourth-order valence-corrected chi connectivity index (χ4v) is 3.85. The van der Waals surface area contributed by atoms with Crippen LogP contribution in [0.15, 0.2) is 54.6 Å². The zero-order valence-corrected chi connectivity index (χ0v) is 19.6. The summed E-state index contributed by atoms with van der Waals surface area (Å²) >= 11 is 0. The van der Waals surface area contributed by atoms with E-state index in [-0.39, 0.29) is 38.0 Å². The van der Waals surface area contributed by atoms with Crippen LogP contribution in [-0.2, 0) is 15.7 Å². The van der Waals surface area contributed by atoms with Gasteiger partial charge >= 0.3 is 6.18 Å². The molecular weight excluding hydrogens is 465 g/mol. The number of halogens is 3. The van der Waals surface area contributed by atoms with Gasteiger partial charge < -0.3 is 24.2 Å². The maximum Gasteiger partial charge on any atom is 0.416 e. The number of carbonyl (C=O) groups is 1. The lowest BCUT2D eigenvalue weighted by Crippen LogP contribution is -2.51. The Morgan fingerprint density at radius 3 is 2.71 bits per heavy atom. The molecule has 2 aromatic carbocycles. The number of carbonyl (C=O) groups excluding carboxylic acids is 1. The maximum atomic E-state index is 13.1. The van der Waals surface area contributed by atoms with Crippen LogP contribution in [0.5, 0.6) is 5.75 Å². The first-order valence-electron chi connectivity index (χ1n) is 11.4. The number of alkyl halides is 3. The van der Waals surface area contributed by atoms with E-state index >= 15 is 0 Å². The molecule has 1 aliphatic heterocycles. The third kappa shape index (κ3) is 8.50. The number of para-hydroxylation sites is 1. The Kier molecular flexibility index (Phi) is 9.91. The molecule has 0 aliphatic carbocycles. The average molecular weight is 497 g/mol. The number of morpholine rings is 1. The van der Waals surface area contributed by atoms with Crippen molar-refractivity contribution >= 4 is 5.91 Å². The van der Waals surface area contributed by atoms with Crippen molar-refractivity contribution in [3.63, 3.8) is 0 Å². The van der Waals surface area contributed by atoms with Gasteiger partial charge in [-0.25, -0.2) is 0 Å². The second-order valence-corrected chi connectivity index (χ2v) is 8.35. The number of benzene rings is 2. The summed E-state index contributed by atoms with van der Waals surface area (Å²) in [5.41, 5.74) is -0.918. The summed E-state index contributed by atoms with van der Waals surface area (Å²) < 4.78 is 55.8.